The minimum Gasteiger partial charge on any atom is -0.465 e. The maximum absolute atomic E-state index is 13.1. The second-order valence-corrected chi connectivity index (χ2v) is 7.95. The summed E-state index contributed by atoms with van der Waals surface area (Å²) >= 11 is 0. The van der Waals surface area contributed by atoms with E-state index in [4.69, 9.17) is 4.74 Å². The van der Waals surface area contributed by atoms with Gasteiger partial charge < -0.3 is 15.0 Å². The zero-order valence-electron chi connectivity index (χ0n) is 18.3. The number of piperidine rings is 1. The van der Waals surface area contributed by atoms with E-state index >= 15 is 0 Å². The molecular weight excluding hydrogens is 401 g/mol. The van der Waals surface area contributed by atoms with Crippen molar-refractivity contribution in [2.75, 3.05) is 20.2 Å². The van der Waals surface area contributed by atoms with Gasteiger partial charge in [0.1, 0.15) is 5.82 Å². The van der Waals surface area contributed by atoms with Gasteiger partial charge in [-0.15, -0.1) is 0 Å². The highest BCUT2D eigenvalue weighted by Crippen LogP contribution is 2.23. The monoisotopic (exact) mass is 429 g/mol. The van der Waals surface area contributed by atoms with E-state index in [9.17, 15) is 18.8 Å². The Morgan fingerprint density at radius 2 is 1.77 bits per heavy atom. The first-order valence-corrected chi connectivity index (χ1v) is 10.3. The van der Waals surface area contributed by atoms with E-state index < -0.39 is 5.97 Å². The Bertz CT molecular complexity index is 975. The summed E-state index contributed by atoms with van der Waals surface area (Å²) in [5.74, 6) is -1.15. The number of hydrogen-bond acceptors (Lipinski definition) is 5. The fourth-order valence-corrected chi connectivity index (χ4v) is 4.08. The number of nitrogens with one attached hydrogen (secondary N) is 2. The van der Waals surface area contributed by atoms with Gasteiger partial charge in [-0.1, -0.05) is 0 Å². The molecular formula is C23H28FN3O4. The SMILES string of the molecule is COC(=O)c1c(C)[nH]c(C(=O)[C@H](C)N2CCC(NC(=O)c3ccc(F)cc3)CC2)c1C. The Labute approximate surface area is 181 Å². The minimum absolute atomic E-state index is 0.00324. The molecule has 0 aliphatic carbocycles. The smallest absolute Gasteiger partial charge is 0.339 e. The Morgan fingerprint density at radius 1 is 1.16 bits per heavy atom. The maximum atomic E-state index is 13.1. The fourth-order valence-electron chi connectivity index (χ4n) is 4.08. The van der Waals surface area contributed by atoms with Crippen molar-refractivity contribution >= 4 is 17.7 Å². The summed E-state index contributed by atoms with van der Waals surface area (Å²) in [6.07, 6.45) is 1.42. The molecule has 0 radical (unpaired) electrons. The lowest BCUT2D eigenvalue weighted by Gasteiger charge is -2.35. The third kappa shape index (κ3) is 4.85. The first-order chi connectivity index (χ1) is 14.7. The number of carbonyl (C=O) groups is 3. The number of Topliss-reactive ketones (excluding diaryl/α,β-unsaturated/α-hetero) is 1. The van der Waals surface area contributed by atoms with Crippen LogP contribution in [0, 0.1) is 19.7 Å². The zero-order valence-corrected chi connectivity index (χ0v) is 18.3. The first kappa shape index (κ1) is 22.7. The average Bonchev–Trinajstić information content (AvgIpc) is 3.07. The molecule has 7 nitrogen and oxygen atoms in total. The molecule has 31 heavy (non-hydrogen) atoms. The summed E-state index contributed by atoms with van der Waals surface area (Å²) in [5, 5.41) is 2.98. The zero-order chi connectivity index (χ0) is 22.7. The molecule has 0 saturated carbocycles. The molecule has 1 fully saturated rings. The van der Waals surface area contributed by atoms with Crippen LogP contribution in [-0.4, -0.2) is 59.8 Å². The van der Waals surface area contributed by atoms with Crippen molar-refractivity contribution in [2.24, 2.45) is 0 Å². The molecule has 1 aromatic carbocycles. The second kappa shape index (κ2) is 9.43. The summed E-state index contributed by atoms with van der Waals surface area (Å²) in [5.41, 5.74) is 2.47. The minimum atomic E-state index is -0.462. The van der Waals surface area contributed by atoms with E-state index in [2.05, 4.69) is 15.2 Å². The Hall–Kier alpha value is -3.00. The highest BCUT2D eigenvalue weighted by Gasteiger charge is 2.31. The molecule has 1 atom stereocenters. The lowest BCUT2D eigenvalue weighted by atomic mass is 9.99. The standard InChI is InChI=1S/C23H28FN3O4/c1-13-19(23(30)31-4)14(2)25-20(13)21(28)15(3)27-11-9-18(10-12-27)26-22(29)16-5-7-17(24)8-6-16/h5-8,15,18,25H,9-12H2,1-4H3,(H,26,29)/t15-/m0/s1. The second-order valence-electron chi connectivity index (χ2n) is 7.95. The molecule has 1 amide bonds. The van der Waals surface area contributed by atoms with Crippen LogP contribution in [0.15, 0.2) is 24.3 Å². The lowest BCUT2D eigenvalue weighted by Crippen LogP contribution is -2.49. The maximum Gasteiger partial charge on any atom is 0.339 e. The third-order valence-electron chi connectivity index (χ3n) is 5.97. The van der Waals surface area contributed by atoms with Crippen LogP contribution < -0.4 is 5.32 Å². The Balaban J connectivity index is 1.59. The predicted octanol–water partition coefficient (Wildman–Crippen LogP) is 3.02. The highest BCUT2D eigenvalue weighted by atomic mass is 19.1. The number of likely N-dealkylation sites (tertiary alicyclic amines) is 1. The quantitative estimate of drug-likeness (QED) is 0.544. The number of ketones is 1. The molecule has 2 N–H and O–H groups in total. The number of hydrogen-bond donors (Lipinski definition) is 2. The van der Waals surface area contributed by atoms with Crippen LogP contribution in [0.1, 0.15) is 62.2 Å². The predicted molar refractivity (Wildman–Crippen MR) is 114 cm³/mol. The molecule has 0 unspecified atom stereocenters. The van der Waals surface area contributed by atoms with Crippen LogP contribution in [0.2, 0.25) is 0 Å². The van der Waals surface area contributed by atoms with E-state index in [1.54, 1.807) is 13.8 Å². The van der Waals surface area contributed by atoms with Crippen molar-refractivity contribution in [1.82, 2.24) is 15.2 Å². The number of aromatic nitrogens is 1. The molecule has 0 bridgehead atoms. The Kier molecular flexibility index (Phi) is 6.90. The number of aryl methyl sites for hydroxylation is 1. The highest BCUT2D eigenvalue weighted by molar-refractivity contribution is 6.03. The molecule has 0 spiro atoms. The van der Waals surface area contributed by atoms with Gasteiger partial charge in [-0.2, -0.15) is 0 Å². The number of amides is 1. The third-order valence-corrected chi connectivity index (χ3v) is 5.97. The summed E-state index contributed by atoms with van der Waals surface area (Å²) in [6.45, 7) is 6.66. The van der Waals surface area contributed by atoms with Gasteiger partial charge in [0.05, 0.1) is 24.4 Å². The number of nitrogens with zero attached hydrogens (tertiary/aromatic N) is 1. The van der Waals surface area contributed by atoms with Gasteiger partial charge in [0.2, 0.25) is 0 Å². The number of methoxy groups -OCH3 is 1. The molecule has 1 aliphatic rings. The normalized spacial score (nSPS) is 16.0. The van der Waals surface area contributed by atoms with Crippen molar-refractivity contribution in [3.05, 3.63) is 58.2 Å². The van der Waals surface area contributed by atoms with Gasteiger partial charge >= 0.3 is 5.97 Å². The summed E-state index contributed by atoms with van der Waals surface area (Å²) in [4.78, 5) is 42.5. The van der Waals surface area contributed by atoms with E-state index in [1.165, 1.54) is 31.4 Å². The van der Waals surface area contributed by atoms with Gasteiger partial charge in [-0.05, 0) is 63.4 Å². The molecule has 2 aromatic rings. The van der Waals surface area contributed by atoms with Gasteiger partial charge in [-0.25, -0.2) is 9.18 Å². The largest absolute Gasteiger partial charge is 0.465 e. The number of H-pyrrole nitrogens is 1. The van der Waals surface area contributed by atoms with Crippen LogP contribution in [0.3, 0.4) is 0 Å². The van der Waals surface area contributed by atoms with E-state index in [0.29, 0.717) is 54.0 Å². The van der Waals surface area contributed by atoms with Gasteiger partial charge in [0, 0.05) is 30.4 Å². The molecule has 8 heteroatoms. The average molecular weight is 429 g/mol. The van der Waals surface area contributed by atoms with Crippen LogP contribution in [0.4, 0.5) is 4.39 Å². The van der Waals surface area contributed by atoms with E-state index in [-0.39, 0.29) is 29.6 Å². The summed E-state index contributed by atoms with van der Waals surface area (Å²) in [6, 6.07) is 5.09. The molecule has 1 saturated heterocycles. The topological polar surface area (TPSA) is 91.5 Å². The van der Waals surface area contributed by atoms with E-state index in [1.807, 2.05) is 6.92 Å². The summed E-state index contributed by atoms with van der Waals surface area (Å²) in [7, 11) is 1.32. The number of halogens is 1. The van der Waals surface area contributed by atoms with E-state index in [0.717, 1.165) is 0 Å². The number of aromatic amines is 1. The van der Waals surface area contributed by atoms with Gasteiger partial charge in [0.15, 0.2) is 5.78 Å². The van der Waals surface area contributed by atoms with Crippen molar-refractivity contribution in [1.29, 1.82) is 0 Å². The fraction of sp³-hybridized carbons (Fsp3) is 0.435. The molecule has 1 aliphatic heterocycles. The first-order valence-electron chi connectivity index (χ1n) is 10.3. The van der Waals surface area contributed by atoms with Crippen LogP contribution in [0.5, 0.6) is 0 Å². The molecule has 166 valence electrons. The lowest BCUT2D eigenvalue weighted by molar-refractivity contribution is 0.0599. The molecule has 2 heterocycles. The van der Waals surface area contributed by atoms with Gasteiger partial charge in [-0.3, -0.25) is 14.5 Å². The van der Waals surface area contributed by atoms with Crippen molar-refractivity contribution in [3.63, 3.8) is 0 Å². The number of benzene rings is 1. The van der Waals surface area contributed by atoms with Crippen LogP contribution in [-0.2, 0) is 4.74 Å². The number of carbonyl (C=O) groups excluding carboxylic acids is 3. The number of ether oxygens (including phenoxy) is 1. The van der Waals surface area contributed by atoms with Crippen molar-refractivity contribution in [3.8, 4) is 0 Å². The molecule has 3 rings (SSSR count). The van der Waals surface area contributed by atoms with Crippen molar-refractivity contribution < 1.29 is 23.5 Å². The van der Waals surface area contributed by atoms with Crippen LogP contribution >= 0.6 is 0 Å². The number of rotatable bonds is 6. The molecule has 1 aromatic heterocycles. The summed E-state index contributed by atoms with van der Waals surface area (Å²) < 4.78 is 17.8. The van der Waals surface area contributed by atoms with Gasteiger partial charge in [0.25, 0.3) is 5.91 Å². The Morgan fingerprint density at radius 3 is 2.35 bits per heavy atom. The van der Waals surface area contributed by atoms with Crippen LogP contribution in [0.25, 0.3) is 0 Å². The number of esters is 1. The van der Waals surface area contributed by atoms with Crippen molar-refractivity contribution in [2.45, 2.75) is 45.7 Å².